The molecule has 0 spiro atoms. The third-order valence-electron chi connectivity index (χ3n) is 7.62. The summed E-state index contributed by atoms with van der Waals surface area (Å²) in [6.45, 7) is 8.33. The van der Waals surface area contributed by atoms with Crippen LogP contribution in [0.15, 0.2) is 72.8 Å². The minimum absolute atomic E-state index is 0. The SMILES string of the molecule is Br.COCC1CN(C(=O)C(Cc2ccc(C)cc2)n2c(=N)n(C(C)c3ccc(C)cc3)c3ccccc32)C1. The zero-order valence-electron chi connectivity index (χ0n) is 22.6. The Morgan fingerprint density at radius 3 is 2.05 bits per heavy atom. The molecule has 1 saturated heterocycles. The van der Waals surface area contributed by atoms with Gasteiger partial charge in [0, 0.05) is 32.5 Å². The van der Waals surface area contributed by atoms with Crippen LogP contribution in [-0.4, -0.2) is 46.7 Å². The van der Waals surface area contributed by atoms with Crippen molar-refractivity contribution in [3.63, 3.8) is 0 Å². The van der Waals surface area contributed by atoms with Gasteiger partial charge in [-0.1, -0.05) is 71.8 Å². The minimum Gasteiger partial charge on any atom is -0.384 e. The van der Waals surface area contributed by atoms with Gasteiger partial charge in [-0.15, -0.1) is 17.0 Å². The number of benzene rings is 3. The number of likely N-dealkylation sites (tertiary alicyclic amines) is 1. The summed E-state index contributed by atoms with van der Waals surface area (Å²) >= 11 is 0. The molecule has 1 fully saturated rings. The second-order valence-electron chi connectivity index (χ2n) is 10.4. The number of carbonyl (C=O) groups excluding carboxylic acids is 1. The summed E-state index contributed by atoms with van der Waals surface area (Å²) in [5.74, 6) is 0.440. The van der Waals surface area contributed by atoms with Crippen molar-refractivity contribution in [2.24, 2.45) is 5.92 Å². The fraction of sp³-hybridized carbons (Fsp3) is 0.355. The predicted molar refractivity (Wildman–Crippen MR) is 157 cm³/mol. The van der Waals surface area contributed by atoms with Gasteiger partial charge in [0.2, 0.25) is 11.5 Å². The molecule has 2 unspecified atom stereocenters. The van der Waals surface area contributed by atoms with E-state index in [9.17, 15) is 10.2 Å². The molecule has 2 atom stereocenters. The normalized spacial score (nSPS) is 15.1. The first kappa shape index (κ1) is 27.9. The molecular formula is C31H37BrN4O2. The first-order chi connectivity index (χ1) is 17.9. The summed E-state index contributed by atoms with van der Waals surface area (Å²) in [6, 6.07) is 24.4. The van der Waals surface area contributed by atoms with Gasteiger partial charge >= 0.3 is 0 Å². The Balaban J connectivity index is 0.00000336. The van der Waals surface area contributed by atoms with Crippen molar-refractivity contribution in [2.75, 3.05) is 26.8 Å². The van der Waals surface area contributed by atoms with E-state index in [0.717, 1.165) is 22.2 Å². The van der Waals surface area contributed by atoms with E-state index in [1.165, 1.54) is 11.1 Å². The van der Waals surface area contributed by atoms with Gasteiger partial charge in [-0.25, -0.2) is 0 Å². The number of amides is 1. The number of fused-ring (bicyclic) bond motifs is 1. The van der Waals surface area contributed by atoms with Gasteiger partial charge in [-0.2, -0.15) is 0 Å². The van der Waals surface area contributed by atoms with Gasteiger partial charge in [0.25, 0.3) is 0 Å². The number of rotatable bonds is 8. The van der Waals surface area contributed by atoms with Gasteiger partial charge in [0.15, 0.2) is 0 Å². The molecule has 1 aliphatic rings. The number of halogens is 1. The van der Waals surface area contributed by atoms with Crippen LogP contribution in [0, 0.1) is 25.2 Å². The second-order valence-corrected chi connectivity index (χ2v) is 10.4. The number of hydrogen-bond donors (Lipinski definition) is 1. The van der Waals surface area contributed by atoms with Crippen LogP contribution in [0.3, 0.4) is 0 Å². The molecule has 0 aliphatic carbocycles. The van der Waals surface area contributed by atoms with Crippen LogP contribution in [0.5, 0.6) is 0 Å². The van der Waals surface area contributed by atoms with Crippen LogP contribution in [0.25, 0.3) is 11.0 Å². The Hall–Kier alpha value is -3.16. The molecule has 38 heavy (non-hydrogen) atoms. The third-order valence-corrected chi connectivity index (χ3v) is 7.62. The van der Waals surface area contributed by atoms with Crippen molar-refractivity contribution in [1.29, 1.82) is 5.41 Å². The lowest BCUT2D eigenvalue weighted by Gasteiger charge is -2.41. The first-order valence-corrected chi connectivity index (χ1v) is 13.0. The highest BCUT2D eigenvalue weighted by molar-refractivity contribution is 8.93. The van der Waals surface area contributed by atoms with E-state index in [1.807, 2.05) is 27.7 Å². The van der Waals surface area contributed by atoms with Crippen molar-refractivity contribution >= 4 is 33.9 Å². The van der Waals surface area contributed by atoms with Crippen LogP contribution in [0.2, 0.25) is 0 Å². The first-order valence-electron chi connectivity index (χ1n) is 13.0. The van der Waals surface area contributed by atoms with Crippen molar-refractivity contribution in [2.45, 2.75) is 39.3 Å². The summed E-state index contributed by atoms with van der Waals surface area (Å²) in [5, 5.41) is 9.38. The Bertz CT molecular complexity index is 1450. The molecule has 1 aromatic heterocycles. The number of aromatic nitrogens is 2. The highest BCUT2D eigenvalue weighted by Gasteiger charge is 2.36. The molecule has 7 heteroatoms. The number of nitrogens with zero attached hydrogens (tertiary/aromatic N) is 3. The molecule has 1 N–H and O–H groups in total. The van der Waals surface area contributed by atoms with Crippen LogP contribution in [0.4, 0.5) is 0 Å². The lowest BCUT2D eigenvalue weighted by Crippen LogP contribution is -2.54. The van der Waals surface area contributed by atoms with Crippen molar-refractivity contribution in [1.82, 2.24) is 14.0 Å². The van der Waals surface area contributed by atoms with E-state index in [1.54, 1.807) is 7.11 Å². The summed E-state index contributed by atoms with van der Waals surface area (Å²) < 4.78 is 9.31. The zero-order chi connectivity index (χ0) is 26.1. The van der Waals surface area contributed by atoms with Crippen LogP contribution in [-0.2, 0) is 16.0 Å². The maximum atomic E-state index is 14.0. The van der Waals surface area contributed by atoms with Gasteiger partial charge in [0.05, 0.1) is 23.7 Å². The van der Waals surface area contributed by atoms with Crippen LogP contribution in [0.1, 0.15) is 41.3 Å². The van der Waals surface area contributed by atoms with Gasteiger partial charge < -0.3 is 14.2 Å². The summed E-state index contributed by atoms with van der Waals surface area (Å²) in [6.07, 6.45) is 0.536. The Labute approximate surface area is 235 Å². The van der Waals surface area contributed by atoms with Gasteiger partial charge in [-0.3, -0.25) is 14.8 Å². The molecular weight excluding hydrogens is 540 g/mol. The molecule has 1 amide bonds. The highest BCUT2D eigenvalue weighted by Crippen LogP contribution is 2.29. The number of carbonyl (C=O) groups is 1. The Kier molecular flexibility index (Phi) is 8.58. The lowest BCUT2D eigenvalue weighted by molar-refractivity contribution is -0.142. The van der Waals surface area contributed by atoms with E-state index < -0.39 is 6.04 Å². The van der Waals surface area contributed by atoms with Crippen molar-refractivity contribution in [3.8, 4) is 0 Å². The Morgan fingerprint density at radius 1 is 0.921 bits per heavy atom. The highest BCUT2D eigenvalue weighted by atomic mass is 79.9. The van der Waals surface area contributed by atoms with E-state index in [-0.39, 0.29) is 28.9 Å². The largest absolute Gasteiger partial charge is 0.384 e. The van der Waals surface area contributed by atoms with E-state index in [2.05, 4.69) is 79.9 Å². The molecule has 200 valence electrons. The third kappa shape index (κ3) is 5.36. The summed E-state index contributed by atoms with van der Waals surface area (Å²) in [7, 11) is 1.71. The van der Waals surface area contributed by atoms with Gasteiger partial charge in [-0.05, 0) is 44.0 Å². The molecule has 0 bridgehead atoms. The van der Waals surface area contributed by atoms with Crippen LogP contribution >= 0.6 is 17.0 Å². The maximum Gasteiger partial charge on any atom is 0.246 e. The van der Waals surface area contributed by atoms with Crippen molar-refractivity contribution in [3.05, 3.63) is 101 Å². The lowest BCUT2D eigenvalue weighted by atomic mass is 9.97. The average Bonchev–Trinajstić information content (AvgIpc) is 3.16. The quantitative estimate of drug-likeness (QED) is 0.296. The number of nitrogens with one attached hydrogen (secondary N) is 1. The van der Waals surface area contributed by atoms with Crippen LogP contribution < -0.4 is 5.62 Å². The molecule has 1 aliphatic heterocycles. The molecule has 0 radical (unpaired) electrons. The zero-order valence-corrected chi connectivity index (χ0v) is 24.3. The summed E-state index contributed by atoms with van der Waals surface area (Å²) in [5.41, 5.74) is 6.84. The molecule has 4 aromatic rings. The van der Waals surface area contributed by atoms with E-state index >= 15 is 0 Å². The molecule has 3 aromatic carbocycles. The fourth-order valence-electron chi connectivity index (χ4n) is 5.46. The standard InChI is InChI=1S/C31H36N4O2.BrH/c1-21-9-13-24(14-10-21)17-29(30(36)33-18-25(19-33)20-37-4)35-28-8-6-5-7-27(28)34(31(35)32)23(3)26-15-11-22(2)12-16-26;/h5-16,23,25,29,32H,17-20H2,1-4H3;1H. The maximum absolute atomic E-state index is 14.0. The predicted octanol–water partition coefficient (Wildman–Crippen LogP) is 5.61. The number of aryl methyl sites for hydroxylation is 2. The Morgan fingerprint density at radius 2 is 1.47 bits per heavy atom. The molecule has 6 nitrogen and oxygen atoms in total. The number of para-hydroxylation sites is 2. The number of hydrogen-bond acceptors (Lipinski definition) is 3. The van der Waals surface area contributed by atoms with E-state index in [4.69, 9.17) is 4.74 Å². The number of methoxy groups -OCH3 is 1. The number of imidazole rings is 1. The summed E-state index contributed by atoms with van der Waals surface area (Å²) in [4.78, 5) is 15.9. The molecule has 2 heterocycles. The van der Waals surface area contributed by atoms with E-state index in [0.29, 0.717) is 37.7 Å². The molecule has 5 rings (SSSR count). The topological polar surface area (TPSA) is 63.2 Å². The fourth-order valence-corrected chi connectivity index (χ4v) is 5.46. The monoisotopic (exact) mass is 576 g/mol. The van der Waals surface area contributed by atoms with Gasteiger partial charge in [0.1, 0.15) is 6.04 Å². The average molecular weight is 578 g/mol. The smallest absolute Gasteiger partial charge is 0.246 e. The number of ether oxygens (including phenoxy) is 1. The minimum atomic E-state index is -0.505. The van der Waals surface area contributed by atoms with Crippen molar-refractivity contribution < 1.29 is 9.53 Å². The second kappa shape index (κ2) is 11.7. The molecule has 0 saturated carbocycles.